The van der Waals surface area contributed by atoms with Gasteiger partial charge in [-0.2, -0.15) is 5.10 Å². The molecule has 0 saturated carbocycles. The first-order chi connectivity index (χ1) is 14.2. The maximum Gasteiger partial charge on any atom is 0.266 e. The first-order valence-electron chi connectivity index (χ1n) is 11.0. The topological polar surface area (TPSA) is 84.7 Å². The molecule has 3 fully saturated rings. The summed E-state index contributed by atoms with van der Waals surface area (Å²) in [6.07, 6.45) is 2.02. The molecule has 0 spiro atoms. The fourth-order valence-electron chi connectivity index (χ4n) is 4.59. The Kier molecular flexibility index (Phi) is 5.70. The van der Waals surface area contributed by atoms with Gasteiger partial charge in [-0.05, 0) is 18.9 Å². The first kappa shape index (κ1) is 21.0. The van der Waals surface area contributed by atoms with Crippen LogP contribution in [-0.2, 0) is 26.3 Å². The number of aromatic nitrogens is 2. The lowest BCUT2D eigenvalue weighted by atomic mass is 9.92. The second kappa shape index (κ2) is 8.13. The summed E-state index contributed by atoms with van der Waals surface area (Å²) in [5.41, 5.74) is 0.649. The Morgan fingerprint density at radius 3 is 2.50 bits per heavy atom. The van der Waals surface area contributed by atoms with Gasteiger partial charge in [-0.25, -0.2) is 4.68 Å². The molecule has 0 N–H and O–H groups in total. The number of rotatable bonds is 4. The molecule has 0 aliphatic carbocycles. The minimum Gasteiger partial charge on any atom is -0.381 e. The fourth-order valence-corrected chi connectivity index (χ4v) is 4.59. The molecule has 1 aromatic rings. The van der Waals surface area contributed by atoms with Crippen molar-refractivity contribution in [2.75, 3.05) is 32.8 Å². The minimum absolute atomic E-state index is 0.0675. The summed E-state index contributed by atoms with van der Waals surface area (Å²) >= 11 is 0. The highest BCUT2D eigenvalue weighted by molar-refractivity contribution is 5.89. The van der Waals surface area contributed by atoms with Crippen LogP contribution in [0.5, 0.6) is 0 Å². The summed E-state index contributed by atoms with van der Waals surface area (Å²) in [6.45, 7) is 9.86. The van der Waals surface area contributed by atoms with Crippen LogP contribution in [0.4, 0.5) is 0 Å². The molecule has 3 aliphatic heterocycles. The monoisotopic (exact) mass is 416 g/mol. The van der Waals surface area contributed by atoms with Crippen molar-refractivity contribution in [1.29, 1.82) is 0 Å². The van der Waals surface area contributed by atoms with Gasteiger partial charge in [0.15, 0.2) is 0 Å². The lowest BCUT2D eigenvalue weighted by molar-refractivity contribution is -0.142. The molecule has 164 valence electrons. The van der Waals surface area contributed by atoms with E-state index in [4.69, 9.17) is 4.74 Å². The third-order valence-corrected chi connectivity index (χ3v) is 6.47. The zero-order valence-corrected chi connectivity index (χ0v) is 18.2. The third-order valence-electron chi connectivity index (χ3n) is 6.47. The van der Waals surface area contributed by atoms with Gasteiger partial charge in [0.25, 0.3) is 5.56 Å². The van der Waals surface area contributed by atoms with Crippen molar-refractivity contribution in [3.05, 3.63) is 28.2 Å². The van der Waals surface area contributed by atoms with Crippen molar-refractivity contribution >= 4 is 11.8 Å². The maximum atomic E-state index is 12.9. The van der Waals surface area contributed by atoms with E-state index in [0.29, 0.717) is 45.8 Å². The van der Waals surface area contributed by atoms with E-state index in [1.54, 1.807) is 12.1 Å². The number of carbonyl (C=O) groups is 2. The first-order valence-corrected chi connectivity index (χ1v) is 11.0. The van der Waals surface area contributed by atoms with Crippen LogP contribution in [0.15, 0.2) is 16.9 Å². The molecule has 3 saturated heterocycles. The average molecular weight is 417 g/mol. The van der Waals surface area contributed by atoms with Crippen LogP contribution in [0.2, 0.25) is 0 Å². The Morgan fingerprint density at radius 2 is 1.83 bits per heavy atom. The normalized spacial score (nSPS) is 23.7. The Labute approximate surface area is 177 Å². The summed E-state index contributed by atoms with van der Waals surface area (Å²) in [7, 11) is 0. The number of likely N-dealkylation sites (tertiary alicyclic amines) is 2. The highest BCUT2D eigenvalue weighted by Gasteiger charge is 2.42. The summed E-state index contributed by atoms with van der Waals surface area (Å²) in [6, 6.07) is 3.57. The third kappa shape index (κ3) is 4.29. The van der Waals surface area contributed by atoms with Gasteiger partial charge in [-0.15, -0.1) is 0 Å². The van der Waals surface area contributed by atoms with Gasteiger partial charge in [0, 0.05) is 62.7 Å². The fraction of sp³-hybridized carbons (Fsp3) is 0.727. The lowest BCUT2D eigenvalue weighted by Gasteiger charge is -2.40. The van der Waals surface area contributed by atoms with E-state index in [9.17, 15) is 14.4 Å². The Bertz CT molecular complexity index is 863. The van der Waals surface area contributed by atoms with Crippen LogP contribution < -0.4 is 5.56 Å². The van der Waals surface area contributed by atoms with Gasteiger partial charge in [-0.1, -0.05) is 20.8 Å². The summed E-state index contributed by atoms with van der Waals surface area (Å²) in [5.74, 6) is 0.134. The van der Waals surface area contributed by atoms with Crippen LogP contribution >= 0.6 is 0 Å². The Balaban J connectivity index is 1.31. The smallest absolute Gasteiger partial charge is 0.266 e. The molecule has 0 aromatic carbocycles. The predicted molar refractivity (Wildman–Crippen MR) is 111 cm³/mol. The summed E-state index contributed by atoms with van der Waals surface area (Å²) in [5, 5.41) is 4.52. The summed E-state index contributed by atoms with van der Waals surface area (Å²) < 4.78 is 6.91. The number of carbonyl (C=O) groups excluding carboxylic acids is 2. The molecular weight excluding hydrogens is 384 g/mol. The van der Waals surface area contributed by atoms with Crippen LogP contribution in [-0.4, -0.2) is 70.3 Å². The van der Waals surface area contributed by atoms with Crippen molar-refractivity contribution in [1.82, 2.24) is 19.6 Å². The molecule has 4 heterocycles. The van der Waals surface area contributed by atoms with Gasteiger partial charge in [0.1, 0.15) is 0 Å². The maximum absolute atomic E-state index is 12.9. The Hall–Kier alpha value is -2.22. The molecule has 1 atom stereocenters. The molecule has 0 radical (unpaired) electrons. The average Bonchev–Trinajstić information content (AvgIpc) is 3.06. The molecule has 30 heavy (non-hydrogen) atoms. The van der Waals surface area contributed by atoms with Crippen molar-refractivity contribution in [2.24, 2.45) is 11.8 Å². The predicted octanol–water partition coefficient (Wildman–Crippen LogP) is 1.03. The number of nitrogens with zero attached hydrogens (tertiary/aromatic N) is 4. The molecule has 1 aromatic heterocycles. The van der Waals surface area contributed by atoms with Crippen molar-refractivity contribution in [3.8, 4) is 0 Å². The zero-order valence-electron chi connectivity index (χ0n) is 18.2. The van der Waals surface area contributed by atoms with Crippen LogP contribution in [0.1, 0.15) is 45.7 Å². The number of hydrogen-bond donors (Lipinski definition) is 0. The molecule has 8 heteroatoms. The van der Waals surface area contributed by atoms with Gasteiger partial charge in [0.2, 0.25) is 11.8 Å². The zero-order chi connectivity index (χ0) is 21.5. The van der Waals surface area contributed by atoms with E-state index in [2.05, 4.69) is 25.9 Å². The molecular formula is C22H32N4O4. The van der Waals surface area contributed by atoms with E-state index >= 15 is 0 Å². The van der Waals surface area contributed by atoms with Crippen LogP contribution in [0, 0.1) is 11.8 Å². The molecule has 1 unspecified atom stereocenters. The highest BCUT2D eigenvalue weighted by atomic mass is 16.5. The van der Waals surface area contributed by atoms with Gasteiger partial charge >= 0.3 is 0 Å². The molecule has 3 aliphatic rings. The van der Waals surface area contributed by atoms with E-state index in [-0.39, 0.29) is 40.7 Å². The molecule has 0 bridgehead atoms. The van der Waals surface area contributed by atoms with E-state index in [0.717, 1.165) is 18.5 Å². The van der Waals surface area contributed by atoms with E-state index in [1.807, 2.05) is 9.80 Å². The minimum atomic E-state index is -0.244. The van der Waals surface area contributed by atoms with Gasteiger partial charge < -0.3 is 14.5 Å². The highest BCUT2D eigenvalue weighted by Crippen LogP contribution is 2.29. The molecule has 2 amide bonds. The lowest BCUT2D eigenvalue weighted by Crippen LogP contribution is -2.54. The van der Waals surface area contributed by atoms with Crippen molar-refractivity contribution in [3.63, 3.8) is 0 Å². The van der Waals surface area contributed by atoms with Crippen LogP contribution in [0.25, 0.3) is 0 Å². The summed E-state index contributed by atoms with van der Waals surface area (Å²) in [4.78, 5) is 41.2. The van der Waals surface area contributed by atoms with Crippen LogP contribution in [0.3, 0.4) is 0 Å². The second-order valence-electron chi connectivity index (χ2n) is 9.89. The molecule has 8 nitrogen and oxygen atoms in total. The standard InChI is InChI=1S/C22H32N4O4/c1-22(2,3)18-4-5-19(27)26(23-18)13-15-11-24(12-15)21(29)16-10-20(28)25(14-16)17-6-8-30-9-7-17/h4-5,15-17H,6-14H2,1-3H3. The number of ether oxygens (including phenoxy) is 1. The quantitative estimate of drug-likeness (QED) is 0.732. The van der Waals surface area contributed by atoms with Crippen molar-refractivity contribution in [2.45, 2.75) is 58.0 Å². The second-order valence-corrected chi connectivity index (χ2v) is 9.89. The van der Waals surface area contributed by atoms with Gasteiger partial charge in [0.05, 0.1) is 18.2 Å². The number of amides is 2. The Morgan fingerprint density at radius 1 is 1.13 bits per heavy atom. The van der Waals surface area contributed by atoms with E-state index < -0.39 is 0 Å². The van der Waals surface area contributed by atoms with Gasteiger partial charge in [-0.3, -0.25) is 14.4 Å². The largest absolute Gasteiger partial charge is 0.381 e. The molecule has 4 rings (SSSR count). The number of hydrogen-bond acceptors (Lipinski definition) is 5. The SMILES string of the molecule is CC(C)(C)c1ccc(=O)n(CC2CN(C(=O)C3CC(=O)N(C4CCOCC4)C3)C2)n1. The van der Waals surface area contributed by atoms with E-state index in [1.165, 1.54) is 4.68 Å². The van der Waals surface area contributed by atoms with Crippen molar-refractivity contribution < 1.29 is 14.3 Å².